The van der Waals surface area contributed by atoms with Crippen LogP contribution in [-0.4, -0.2) is 10.2 Å². The molecule has 2 unspecified atom stereocenters. The first-order valence-electron chi connectivity index (χ1n) is 10.3. The van der Waals surface area contributed by atoms with Crippen LogP contribution in [0.4, 0.5) is 0 Å². The minimum absolute atomic E-state index is 0.377. The molecule has 2 atom stereocenters. The highest BCUT2D eigenvalue weighted by atomic mass is 32.2. The molecule has 0 spiro atoms. The summed E-state index contributed by atoms with van der Waals surface area (Å²) in [6.07, 6.45) is 6.40. The van der Waals surface area contributed by atoms with Gasteiger partial charge >= 0.3 is 0 Å². The molecule has 0 fully saturated rings. The van der Waals surface area contributed by atoms with Gasteiger partial charge in [0.05, 0.1) is 12.2 Å². The highest BCUT2D eigenvalue weighted by molar-refractivity contribution is 8.08. The van der Waals surface area contributed by atoms with E-state index >= 15 is 0 Å². The molecule has 0 saturated carbocycles. The van der Waals surface area contributed by atoms with E-state index in [9.17, 15) is 10.2 Å². The molecule has 3 heteroatoms. The molecule has 0 radical (unpaired) electrons. The summed E-state index contributed by atoms with van der Waals surface area (Å²) in [6, 6.07) is 19.6. The Balaban J connectivity index is 1.46. The number of aliphatic hydroxyl groups is 2. The lowest BCUT2D eigenvalue weighted by molar-refractivity contribution is 0.163. The molecule has 0 aliphatic carbocycles. The average molecular weight is 407 g/mol. The maximum atomic E-state index is 10.1. The maximum absolute atomic E-state index is 10.1. The zero-order valence-corrected chi connectivity index (χ0v) is 17.7. The Morgan fingerprint density at radius 3 is 1.45 bits per heavy atom. The van der Waals surface area contributed by atoms with E-state index in [-0.39, 0.29) is 12.2 Å². The van der Waals surface area contributed by atoms with Crippen LogP contribution in [0.2, 0.25) is 0 Å². The van der Waals surface area contributed by atoms with Crippen molar-refractivity contribution < 1.29 is 10.2 Å². The van der Waals surface area contributed by atoms with Gasteiger partial charge in [0, 0.05) is 24.6 Å². The zero-order valence-electron chi connectivity index (χ0n) is 16.9. The van der Waals surface area contributed by atoms with Gasteiger partial charge in [-0.1, -0.05) is 72.5 Å². The summed E-state index contributed by atoms with van der Waals surface area (Å²) < 4.78 is 0. The second kappa shape index (κ2) is 14.8. The second-order valence-electron chi connectivity index (χ2n) is 7.00. The molecular formula is C26H30O2S. The number of rotatable bonds is 10. The first kappa shape index (κ1) is 23.1. The van der Waals surface area contributed by atoms with Gasteiger partial charge in [0.15, 0.2) is 0 Å². The van der Waals surface area contributed by atoms with Crippen molar-refractivity contribution in [3.8, 4) is 22.3 Å². The van der Waals surface area contributed by atoms with Crippen molar-refractivity contribution >= 4 is 11.8 Å². The number of benzene rings is 2. The lowest BCUT2D eigenvalue weighted by Gasteiger charge is -2.09. The molecule has 2 aromatic carbocycles. The van der Waals surface area contributed by atoms with Crippen LogP contribution in [0.3, 0.4) is 0 Å². The van der Waals surface area contributed by atoms with Crippen LogP contribution < -0.4 is 0 Å². The first-order chi connectivity index (χ1) is 14.3. The molecule has 2 N–H and O–H groups in total. The van der Waals surface area contributed by atoms with Gasteiger partial charge < -0.3 is 10.2 Å². The van der Waals surface area contributed by atoms with Crippen LogP contribution in [0, 0.1) is 22.3 Å². The fourth-order valence-corrected chi connectivity index (χ4v) is 3.39. The summed E-state index contributed by atoms with van der Waals surface area (Å²) in [4.78, 5) is 0. The van der Waals surface area contributed by atoms with Crippen LogP contribution >= 0.6 is 11.8 Å². The van der Waals surface area contributed by atoms with Crippen molar-refractivity contribution in [1.82, 2.24) is 0 Å². The van der Waals surface area contributed by atoms with Gasteiger partial charge in [0.25, 0.3) is 0 Å². The number of thioether (sulfide) groups is 1. The van der Waals surface area contributed by atoms with Gasteiger partial charge in [-0.15, -0.1) is 0 Å². The third kappa shape index (κ3) is 10.2. The minimum Gasteiger partial charge on any atom is -0.388 e. The molecule has 2 nitrogen and oxygen atoms in total. The summed E-state index contributed by atoms with van der Waals surface area (Å²) in [6.45, 7) is 0. The SMILES string of the molecule is OC(CCCCC#CSC#CCCCCC(O)c1ccccc1)c1ccccc1. The fourth-order valence-electron chi connectivity index (χ4n) is 2.99. The molecule has 2 aromatic rings. The summed E-state index contributed by atoms with van der Waals surface area (Å²) in [5.41, 5.74) is 1.97. The summed E-state index contributed by atoms with van der Waals surface area (Å²) in [5.74, 6) is 6.26. The van der Waals surface area contributed by atoms with Crippen molar-refractivity contribution in [2.24, 2.45) is 0 Å². The Labute approximate surface area is 179 Å². The van der Waals surface area contributed by atoms with Crippen molar-refractivity contribution in [3.05, 3.63) is 71.8 Å². The third-order valence-electron chi connectivity index (χ3n) is 4.67. The van der Waals surface area contributed by atoms with E-state index < -0.39 is 0 Å². The molecule has 0 saturated heterocycles. The van der Waals surface area contributed by atoms with Gasteiger partial charge in [0.2, 0.25) is 0 Å². The average Bonchev–Trinajstić information content (AvgIpc) is 2.77. The van der Waals surface area contributed by atoms with Gasteiger partial charge in [-0.25, -0.2) is 0 Å². The Morgan fingerprint density at radius 1 is 0.621 bits per heavy atom. The van der Waals surface area contributed by atoms with E-state index in [0.717, 1.165) is 62.5 Å². The van der Waals surface area contributed by atoms with E-state index in [4.69, 9.17) is 0 Å². The first-order valence-corrected chi connectivity index (χ1v) is 11.2. The number of aliphatic hydroxyl groups excluding tert-OH is 2. The monoisotopic (exact) mass is 406 g/mol. The molecule has 152 valence electrons. The molecule has 0 aliphatic heterocycles. The van der Waals surface area contributed by atoms with Crippen LogP contribution in [0.5, 0.6) is 0 Å². The van der Waals surface area contributed by atoms with Gasteiger partial charge in [-0.05, 0) is 60.2 Å². The Hall–Kier alpha value is -2.17. The summed E-state index contributed by atoms with van der Waals surface area (Å²) in [7, 11) is 0. The van der Waals surface area contributed by atoms with E-state index in [1.807, 2.05) is 60.7 Å². The topological polar surface area (TPSA) is 40.5 Å². The Morgan fingerprint density at radius 2 is 1.03 bits per heavy atom. The van der Waals surface area contributed by atoms with E-state index in [0.29, 0.717) is 0 Å². The van der Waals surface area contributed by atoms with Crippen molar-refractivity contribution in [2.75, 3.05) is 0 Å². The third-order valence-corrected chi connectivity index (χ3v) is 5.17. The molecular weight excluding hydrogens is 376 g/mol. The fraction of sp³-hybridized carbons (Fsp3) is 0.385. The summed E-state index contributed by atoms with van der Waals surface area (Å²) in [5, 5.41) is 26.2. The predicted molar refractivity (Wildman–Crippen MR) is 123 cm³/mol. The number of unbranched alkanes of at least 4 members (excludes halogenated alkanes) is 4. The van der Waals surface area contributed by atoms with Crippen LogP contribution in [0.15, 0.2) is 60.7 Å². The van der Waals surface area contributed by atoms with Crippen molar-refractivity contribution in [1.29, 1.82) is 0 Å². The minimum atomic E-state index is -0.377. The zero-order chi connectivity index (χ0) is 20.6. The highest BCUT2D eigenvalue weighted by Crippen LogP contribution is 2.20. The number of hydrogen-bond donors (Lipinski definition) is 2. The Kier molecular flexibility index (Phi) is 11.8. The van der Waals surface area contributed by atoms with Crippen LogP contribution in [0.1, 0.15) is 74.7 Å². The standard InChI is InChI=1S/C26H30O2S/c27-25(23-15-7-5-8-16-23)19-11-1-3-13-21-29-22-14-4-2-12-20-26(28)24-17-9-6-10-18-24/h5-10,15-18,25-28H,1-4,11-12,19-20H2. The highest BCUT2D eigenvalue weighted by Gasteiger charge is 2.06. The lowest BCUT2D eigenvalue weighted by Crippen LogP contribution is -1.96. The summed E-state index contributed by atoms with van der Waals surface area (Å²) >= 11 is 1.35. The Bertz CT molecular complexity index is 727. The van der Waals surface area contributed by atoms with E-state index in [2.05, 4.69) is 22.3 Å². The molecule has 0 aromatic heterocycles. The second-order valence-corrected chi connectivity index (χ2v) is 7.62. The predicted octanol–water partition coefficient (Wildman–Crippen LogP) is 6.23. The smallest absolute Gasteiger partial charge is 0.0790 e. The van der Waals surface area contributed by atoms with E-state index in [1.54, 1.807) is 0 Å². The van der Waals surface area contributed by atoms with Crippen molar-refractivity contribution in [2.45, 2.75) is 63.6 Å². The lowest BCUT2D eigenvalue weighted by atomic mass is 10.0. The maximum Gasteiger partial charge on any atom is 0.0790 e. The molecule has 0 aliphatic rings. The van der Waals surface area contributed by atoms with Gasteiger partial charge in [-0.2, -0.15) is 0 Å². The van der Waals surface area contributed by atoms with Gasteiger partial charge in [-0.3, -0.25) is 0 Å². The largest absolute Gasteiger partial charge is 0.388 e. The molecule has 0 bridgehead atoms. The normalized spacial score (nSPS) is 12.2. The molecule has 0 amide bonds. The molecule has 2 rings (SSSR count). The van der Waals surface area contributed by atoms with Crippen molar-refractivity contribution in [3.63, 3.8) is 0 Å². The van der Waals surface area contributed by atoms with Gasteiger partial charge in [0.1, 0.15) is 0 Å². The quantitative estimate of drug-likeness (QED) is 0.363. The van der Waals surface area contributed by atoms with E-state index in [1.165, 1.54) is 11.8 Å². The van der Waals surface area contributed by atoms with Crippen LogP contribution in [-0.2, 0) is 0 Å². The van der Waals surface area contributed by atoms with Crippen LogP contribution in [0.25, 0.3) is 0 Å². The molecule has 29 heavy (non-hydrogen) atoms. The molecule has 0 heterocycles. The number of hydrogen-bond acceptors (Lipinski definition) is 3.